The Bertz CT molecular complexity index is 650. The van der Waals surface area contributed by atoms with E-state index in [1.165, 1.54) is 6.07 Å². The molecule has 1 aromatic carbocycles. The van der Waals surface area contributed by atoms with E-state index in [2.05, 4.69) is 0 Å². The first kappa shape index (κ1) is 14.7. The van der Waals surface area contributed by atoms with Crippen molar-refractivity contribution in [1.82, 2.24) is 0 Å². The Morgan fingerprint density at radius 3 is 2.63 bits per heavy atom. The summed E-state index contributed by atoms with van der Waals surface area (Å²) in [6.07, 6.45) is 0. The summed E-state index contributed by atoms with van der Waals surface area (Å²) in [5.74, 6) is -0.344. The normalized spacial score (nSPS) is 12.4. The van der Waals surface area contributed by atoms with Crippen molar-refractivity contribution < 1.29 is 9.00 Å². The van der Waals surface area contributed by atoms with E-state index in [-0.39, 0.29) is 11.5 Å². The molecule has 1 unspecified atom stereocenters. The van der Waals surface area contributed by atoms with Crippen LogP contribution in [0.4, 0.5) is 0 Å². The molecule has 0 amide bonds. The maximum Gasteiger partial charge on any atom is 0.178 e. The third-order valence-electron chi connectivity index (χ3n) is 2.47. The Hall–Kier alpha value is -0.680. The zero-order valence-electron chi connectivity index (χ0n) is 9.98. The lowest BCUT2D eigenvalue weighted by atomic mass is 10.2. The number of benzene rings is 1. The third kappa shape index (κ3) is 3.66. The van der Waals surface area contributed by atoms with E-state index in [1.807, 2.05) is 25.1 Å². The van der Waals surface area contributed by atoms with Crippen LogP contribution in [0.15, 0.2) is 35.2 Å². The molecule has 2 nitrogen and oxygen atoms in total. The van der Waals surface area contributed by atoms with Gasteiger partial charge in [-0.1, -0.05) is 35.3 Å². The number of thiophene rings is 1. The fraction of sp³-hybridized carbons (Fsp3) is 0.154. The minimum absolute atomic E-state index is 0.0871. The number of carbonyl (C=O) groups is 1. The number of ketones is 1. The summed E-state index contributed by atoms with van der Waals surface area (Å²) in [5, 5.41) is 0. The Kier molecular flexibility index (Phi) is 4.79. The summed E-state index contributed by atoms with van der Waals surface area (Å²) in [5.41, 5.74) is 1.35. The molecule has 0 spiro atoms. The summed E-state index contributed by atoms with van der Waals surface area (Å²) in [6.45, 7) is 1.91. The van der Waals surface area contributed by atoms with Gasteiger partial charge in [0.2, 0.25) is 0 Å². The highest BCUT2D eigenvalue weighted by molar-refractivity contribution is 7.85. The number of Topliss-reactive ketones (excluding diaryl/α,β-unsaturated/α-hetero) is 1. The molecule has 0 radical (unpaired) electrons. The molecule has 0 N–H and O–H groups in total. The van der Waals surface area contributed by atoms with E-state index in [0.29, 0.717) is 19.1 Å². The summed E-state index contributed by atoms with van der Waals surface area (Å²) in [7, 11) is -1.37. The molecule has 0 fully saturated rings. The maximum absolute atomic E-state index is 12.1. The van der Waals surface area contributed by atoms with Gasteiger partial charge in [-0.3, -0.25) is 9.00 Å². The zero-order chi connectivity index (χ0) is 14.0. The molecule has 19 heavy (non-hydrogen) atoms. The van der Waals surface area contributed by atoms with Crippen molar-refractivity contribution in [1.29, 1.82) is 0 Å². The molecule has 2 rings (SSSR count). The van der Waals surface area contributed by atoms with Crippen molar-refractivity contribution in [3.8, 4) is 0 Å². The van der Waals surface area contributed by atoms with Crippen molar-refractivity contribution in [2.75, 3.05) is 5.75 Å². The van der Waals surface area contributed by atoms with Crippen LogP contribution < -0.4 is 0 Å². The van der Waals surface area contributed by atoms with E-state index < -0.39 is 10.8 Å². The van der Waals surface area contributed by atoms with Gasteiger partial charge in [-0.25, -0.2) is 0 Å². The molecule has 1 heterocycles. The van der Waals surface area contributed by atoms with Crippen LogP contribution >= 0.6 is 34.5 Å². The van der Waals surface area contributed by atoms with Crippen LogP contribution in [0.25, 0.3) is 0 Å². The molecule has 2 aromatic rings. The number of halogens is 2. The van der Waals surface area contributed by atoms with Crippen LogP contribution in [0.2, 0.25) is 8.67 Å². The predicted molar refractivity (Wildman–Crippen MR) is 81.1 cm³/mol. The van der Waals surface area contributed by atoms with Gasteiger partial charge in [-0.2, -0.15) is 0 Å². The molecule has 0 aliphatic rings. The monoisotopic (exact) mass is 332 g/mol. The fourth-order valence-corrected chi connectivity index (χ4v) is 4.17. The third-order valence-corrected chi connectivity index (χ3v) is 5.26. The number of hydrogen-bond donors (Lipinski definition) is 0. The van der Waals surface area contributed by atoms with Gasteiger partial charge in [-0.05, 0) is 30.7 Å². The van der Waals surface area contributed by atoms with Crippen molar-refractivity contribution in [2.45, 2.75) is 11.8 Å². The average molecular weight is 333 g/mol. The first-order valence-electron chi connectivity index (χ1n) is 5.40. The summed E-state index contributed by atoms with van der Waals surface area (Å²) < 4.78 is 12.9. The molecule has 0 bridgehead atoms. The van der Waals surface area contributed by atoms with Crippen molar-refractivity contribution >= 4 is 51.1 Å². The van der Waals surface area contributed by atoms with E-state index in [0.717, 1.165) is 16.9 Å². The molecule has 6 heteroatoms. The lowest BCUT2D eigenvalue weighted by molar-refractivity contribution is 0.102. The molecule has 0 saturated carbocycles. The van der Waals surface area contributed by atoms with Crippen LogP contribution in [-0.4, -0.2) is 15.7 Å². The van der Waals surface area contributed by atoms with Gasteiger partial charge in [-0.15, -0.1) is 11.3 Å². The van der Waals surface area contributed by atoms with Crippen LogP contribution in [0.1, 0.15) is 15.9 Å². The number of hydrogen-bond acceptors (Lipinski definition) is 3. The summed E-state index contributed by atoms with van der Waals surface area (Å²) in [4.78, 5) is 12.7. The van der Waals surface area contributed by atoms with Gasteiger partial charge >= 0.3 is 0 Å². The minimum atomic E-state index is -1.37. The topological polar surface area (TPSA) is 34.1 Å². The second-order valence-electron chi connectivity index (χ2n) is 3.97. The highest BCUT2D eigenvalue weighted by Gasteiger charge is 2.17. The van der Waals surface area contributed by atoms with Crippen LogP contribution in [-0.2, 0) is 10.8 Å². The van der Waals surface area contributed by atoms with Gasteiger partial charge in [0.1, 0.15) is 4.34 Å². The first-order valence-corrected chi connectivity index (χ1v) is 8.29. The van der Waals surface area contributed by atoms with Crippen molar-refractivity contribution in [2.24, 2.45) is 0 Å². The van der Waals surface area contributed by atoms with Gasteiger partial charge < -0.3 is 0 Å². The van der Waals surface area contributed by atoms with E-state index >= 15 is 0 Å². The van der Waals surface area contributed by atoms with Crippen molar-refractivity contribution in [3.05, 3.63) is 50.1 Å². The van der Waals surface area contributed by atoms with Gasteiger partial charge in [0.15, 0.2) is 5.78 Å². The first-order chi connectivity index (χ1) is 8.97. The van der Waals surface area contributed by atoms with Gasteiger partial charge in [0.25, 0.3) is 0 Å². The molecule has 100 valence electrons. The quantitative estimate of drug-likeness (QED) is 0.780. The fourth-order valence-electron chi connectivity index (χ4n) is 1.57. The number of rotatable bonds is 4. The van der Waals surface area contributed by atoms with Gasteiger partial charge in [0.05, 0.1) is 20.9 Å². The lowest BCUT2D eigenvalue weighted by Crippen LogP contribution is -2.10. The second-order valence-corrected chi connectivity index (χ2v) is 7.70. The Balaban J connectivity index is 2.15. The second kappa shape index (κ2) is 6.18. The number of aryl methyl sites for hydroxylation is 1. The van der Waals surface area contributed by atoms with E-state index in [1.54, 1.807) is 6.07 Å². The molecular formula is C13H10Cl2O2S2. The molecular weight excluding hydrogens is 323 g/mol. The molecule has 0 aliphatic heterocycles. The SMILES string of the molecule is Cc1cccc(S(=O)CC(=O)c2cc(Cl)sc2Cl)c1. The summed E-state index contributed by atoms with van der Waals surface area (Å²) >= 11 is 12.8. The molecule has 0 aliphatic carbocycles. The average Bonchev–Trinajstić information content (AvgIpc) is 2.68. The van der Waals surface area contributed by atoms with Crippen LogP contribution in [0.5, 0.6) is 0 Å². The standard InChI is InChI=1S/C13H10Cl2O2S2/c1-8-3-2-4-9(5-8)19(17)7-11(16)10-6-12(14)18-13(10)15/h2-6H,7H2,1H3. The van der Waals surface area contributed by atoms with Crippen LogP contribution in [0.3, 0.4) is 0 Å². The van der Waals surface area contributed by atoms with E-state index in [9.17, 15) is 9.00 Å². The van der Waals surface area contributed by atoms with Crippen LogP contribution in [0, 0.1) is 6.92 Å². The highest BCUT2D eigenvalue weighted by atomic mass is 35.5. The molecule has 1 atom stereocenters. The maximum atomic E-state index is 12.1. The Labute approximate surface area is 127 Å². The molecule has 1 aromatic heterocycles. The summed E-state index contributed by atoms with van der Waals surface area (Å²) in [6, 6.07) is 8.81. The molecule has 0 saturated heterocycles. The zero-order valence-corrected chi connectivity index (χ0v) is 13.1. The Morgan fingerprint density at radius 2 is 2.05 bits per heavy atom. The minimum Gasteiger partial charge on any atom is -0.293 e. The van der Waals surface area contributed by atoms with Crippen molar-refractivity contribution in [3.63, 3.8) is 0 Å². The highest BCUT2D eigenvalue weighted by Crippen LogP contribution is 2.31. The predicted octanol–water partition coefficient (Wildman–Crippen LogP) is 4.35. The lowest BCUT2D eigenvalue weighted by Gasteiger charge is -2.02. The largest absolute Gasteiger partial charge is 0.293 e. The van der Waals surface area contributed by atoms with Gasteiger partial charge in [0, 0.05) is 10.5 Å². The smallest absolute Gasteiger partial charge is 0.178 e. The number of carbonyl (C=O) groups excluding carboxylic acids is 1. The van der Waals surface area contributed by atoms with E-state index in [4.69, 9.17) is 23.2 Å². The Morgan fingerprint density at radius 1 is 1.32 bits per heavy atom.